The fourth-order valence-electron chi connectivity index (χ4n) is 2.53. The maximum Gasteiger partial charge on any atom is 0.130 e. The summed E-state index contributed by atoms with van der Waals surface area (Å²) in [5.41, 5.74) is 3.18. The zero-order valence-electron chi connectivity index (χ0n) is 13.0. The molecular formula is C16H22ClN3O. The number of hydrogen-bond donors (Lipinski definition) is 1. The molecular weight excluding hydrogens is 286 g/mol. The minimum atomic E-state index is 0.133. The summed E-state index contributed by atoms with van der Waals surface area (Å²) in [5.74, 6) is 0.914. The zero-order valence-corrected chi connectivity index (χ0v) is 13.7. The number of ether oxygens (including phenoxy) is 1. The third-order valence-corrected chi connectivity index (χ3v) is 4.09. The second kappa shape index (κ2) is 6.96. The quantitative estimate of drug-likeness (QED) is 0.890. The van der Waals surface area contributed by atoms with E-state index >= 15 is 0 Å². The van der Waals surface area contributed by atoms with Crippen LogP contribution in [-0.4, -0.2) is 23.4 Å². The molecule has 21 heavy (non-hydrogen) atoms. The fraction of sp³-hybridized carbons (Fsp3) is 0.438. The van der Waals surface area contributed by atoms with Crippen LogP contribution >= 0.6 is 11.6 Å². The van der Waals surface area contributed by atoms with Gasteiger partial charge in [0.05, 0.1) is 12.3 Å². The van der Waals surface area contributed by atoms with Gasteiger partial charge in [-0.1, -0.05) is 29.8 Å². The van der Waals surface area contributed by atoms with Crippen LogP contribution in [0.5, 0.6) is 5.75 Å². The second-order valence-electron chi connectivity index (χ2n) is 4.99. The Hall–Kier alpha value is -1.52. The normalized spacial score (nSPS) is 12.4. The van der Waals surface area contributed by atoms with E-state index in [9.17, 15) is 0 Å². The van der Waals surface area contributed by atoms with Crippen LogP contribution in [-0.2, 0) is 13.5 Å². The minimum Gasteiger partial charge on any atom is -0.494 e. The van der Waals surface area contributed by atoms with E-state index in [1.807, 2.05) is 46.1 Å². The summed E-state index contributed by atoms with van der Waals surface area (Å²) in [6.45, 7) is 4.63. The summed E-state index contributed by atoms with van der Waals surface area (Å²) in [6.07, 6.45) is 0.777. The lowest BCUT2D eigenvalue weighted by atomic mass is 9.98. The molecule has 0 aliphatic rings. The summed E-state index contributed by atoms with van der Waals surface area (Å²) in [5, 5.41) is 8.43. The van der Waals surface area contributed by atoms with E-state index in [0.29, 0.717) is 11.8 Å². The summed E-state index contributed by atoms with van der Waals surface area (Å²) in [4.78, 5) is 0. The molecule has 1 aromatic heterocycles. The first kappa shape index (κ1) is 15.9. The molecule has 5 heteroatoms. The van der Waals surface area contributed by atoms with Gasteiger partial charge in [-0.25, -0.2) is 0 Å². The number of para-hydroxylation sites is 1. The molecule has 0 aliphatic heterocycles. The van der Waals surface area contributed by atoms with Crippen molar-refractivity contribution in [3.63, 3.8) is 0 Å². The van der Waals surface area contributed by atoms with Crippen LogP contribution in [0.25, 0.3) is 0 Å². The van der Waals surface area contributed by atoms with Crippen LogP contribution in [0.3, 0.4) is 0 Å². The Morgan fingerprint density at radius 2 is 2.10 bits per heavy atom. The van der Waals surface area contributed by atoms with Gasteiger partial charge in [-0.05, 0) is 33.4 Å². The molecule has 0 amide bonds. The van der Waals surface area contributed by atoms with E-state index in [2.05, 4.69) is 16.5 Å². The summed E-state index contributed by atoms with van der Waals surface area (Å²) >= 11 is 6.34. The van der Waals surface area contributed by atoms with Gasteiger partial charge in [-0.2, -0.15) is 5.10 Å². The van der Waals surface area contributed by atoms with Gasteiger partial charge in [0.25, 0.3) is 0 Å². The van der Waals surface area contributed by atoms with Gasteiger partial charge in [0.1, 0.15) is 10.9 Å². The summed E-state index contributed by atoms with van der Waals surface area (Å²) in [6, 6.07) is 8.24. The van der Waals surface area contributed by atoms with Gasteiger partial charge >= 0.3 is 0 Å². The van der Waals surface area contributed by atoms with E-state index in [4.69, 9.17) is 16.3 Å². The van der Waals surface area contributed by atoms with Crippen molar-refractivity contribution in [1.29, 1.82) is 0 Å². The predicted molar refractivity (Wildman–Crippen MR) is 86.1 cm³/mol. The van der Waals surface area contributed by atoms with E-state index < -0.39 is 0 Å². The lowest BCUT2D eigenvalue weighted by Crippen LogP contribution is -2.20. The molecule has 2 aromatic rings. The molecule has 0 spiro atoms. The van der Waals surface area contributed by atoms with E-state index in [1.54, 1.807) is 4.68 Å². The fourth-order valence-corrected chi connectivity index (χ4v) is 2.78. The standard InChI is InChI=1S/C16H22ClN3O/c1-5-21-15-9-7-6-8-12(15)14(18-3)10-13-11(2)19-20(4)16(13)17/h6-9,14,18H,5,10H2,1-4H3. The van der Waals surface area contributed by atoms with E-state index in [0.717, 1.165) is 29.0 Å². The maximum atomic E-state index is 6.34. The van der Waals surface area contributed by atoms with Crippen molar-refractivity contribution in [3.8, 4) is 5.75 Å². The monoisotopic (exact) mass is 307 g/mol. The van der Waals surface area contributed by atoms with Crippen LogP contribution in [0.4, 0.5) is 0 Å². The van der Waals surface area contributed by atoms with Crippen LogP contribution in [0.2, 0.25) is 5.15 Å². The van der Waals surface area contributed by atoms with Gasteiger partial charge in [0, 0.05) is 24.2 Å². The Morgan fingerprint density at radius 3 is 2.67 bits per heavy atom. The average molecular weight is 308 g/mol. The number of halogens is 1. The van der Waals surface area contributed by atoms with Crippen molar-refractivity contribution in [2.45, 2.75) is 26.3 Å². The molecule has 0 saturated carbocycles. The number of nitrogens with zero attached hydrogens (tertiary/aromatic N) is 2. The molecule has 114 valence electrons. The van der Waals surface area contributed by atoms with Gasteiger partial charge in [-0.15, -0.1) is 0 Å². The number of aryl methyl sites for hydroxylation is 2. The highest BCUT2D eigenvalue weighted by molar-refractivity contribution is 6.30. The lowest BCUT2D eigenvalue weighted by Gasteiger charge is -2.20. The van der Waals surface area contributed by atoms with Crippen molar-refractivity contribution in [2.24, 2.45) is 7.05 Å². The molecule has 0 radical (unpaired) electrons. The van der Waals surface area contributed by atoms with Crippen LogP contribution in [0.15, 0.2) is 24.3 Å². The molecule has 2 rings (SSSR count). The molecule has 0 bridgehead atoms. The molecule has 0 fully saturated rings. The average Bonchev–Trinajstić information content (AvgIpc) is 2.71. The van der Waals surface area contributed by atoms with Crippen molar-refractivity contribution in [3.05, 3.63) is 46.2 Å². The van der Waals surface area contributed by atoms with Crippen LogP contribution < -0.4 is 10.1 Å². The molecule has 0 saturated heterocycles. The Morgan fingerprint density at radius 1 is 1.38 bits per heavy atom. The molecule has 4 nitrogen and oxygen atoms in total. The molecule has 1 unspecified atom stereocenters. The molecule has 0 aliphatic carbocycles. The first-order valence-electron chi connectivity index (χ1n) is 7.15. The second-order valence-corrected chi connectivity index (χ2v) is 5.35. The summed E-state index contributed by atoms with van der Waals surface area (Å²) < 4.78 is 7.45. The molecule has 1 heterocycles. The highest BCUT2D eigenvalue weighted by Gasteiger charge is 2.20. The topological polar surface area (TPSA) is 39.1 Å². The van der Waals surface area contributed by atoms with Gasteiger partial charge in [0.15, 0.2) is 0 Å². The number of benzene rings is 1. The van der Waals surface area contributed by atoms with E-state index in [1.165, 1.54) is 0 Å². The maximum absolute atomic E-state index is 6.34. The number of rotatable bonds is 6. The SMILES string of the molecule is CCOc1ccccc1C(Cc1c(C)nn(C)c1Cl)NC. The van der Waals surface area contributed by atoms with Crippen molar-refractivity contribution >= 4 is 11.6 Å². The first-order chi connectivity index (χ1) is 10.1. The number of nitrogens with one attached hydrogen (secondary N) is 1. The molecule has 1 atom stereocenters. The molecule has 1 aromatic carbocycles. The number of aromatic nitrogens is 2. The molecule has 1 N–H and O–H groups in total. The smallest absolute Gasteiger partial charge is 0.130 e. The number of likely N-dealkylation sites (N-methyl/N-ethyl adjacent to an activating group) is 1. The van der Waals surface area contributed by atoms with Crippen molar-refractivity contribution < 1.29 is 4.74 Å². The summed E-state index contributed by atoms with van der Waals surface area (Å²) in [7, 11) is 3.81. The largest absolute Gasteiger partial charge is 0.494 e. The Bertz CT molecular complexity index is 610. The Kier molecular flexibility index (Phi) is 5.26. The van der Waals surface area contributed by atoms with Crippen molar-refractivity contribution in [1.82, 2.24) is 15.1 Å². The third kappa shape index (κ3) is 3.39. The van der Waals surface area contributed by atoms with Gasteiger partial charge in [-0.3, -0.25) is 4.68 Å². The van der Waals surface area contributed by atoms with Crippen LogP contribution in [0.1, 0.15) is 29.8 Å². The van der Waals surface area contributed by atoms with Gasteiger partial charge in [0.2, 0.25) is 0 Å². The zero-order chi connectivity index (χ0) is 15.4. The van der Waals surface area contributed by atoms with Gasteiger partial charge < -0.3 is 10.1 Å². The highest BCUT2D eigenvalue weighted by atomic mass is 35.5. The van der Waals surface area contributed by atoms with Crippen LogP contribution in [0, 0.1) is 6.92 Å². The first-order valence-corrected chi connectivity index (χ1v) is 7.53. The van der Waals surface area contributed by atoms with Crippen molar-refractivity contribution in [2.75, 3.05) is 13.7 Å². The minimum absolute atomic E-state index is 0.133. The van der Waals surface area contributed by atoms with E-state index in [-0.39, 0.29) is 6.04 Å². The lowest BCUT2D eigenvalue weighted by molar-refractivity contribution is 0.332. The Labute approximate surface area is 131 Å². The highest BCUT2D eigenvalue weighted by Crippen LogP contribution is 2.30. The Balaban J connectivity index is 2.32. The number of hydrogen-bond acceptors (Lipinski definition) is 3. The third-order valence-electron chi connectivity index (χ3n) is 3.62. The predicted octanol–water partition coefficient (Wildman–Crippen LogP) is 3.28.